The van der Waals surface area contributed by atoms with Gasteiger partial charge in [0, 0.05) is 17.7 Å². The lowest BCUT2D eigenvalue weighted by molar-refractivity contribution is -0.267. The average molecular weight is 366 g/mol. The van der Waals surface area contributed by atoms with Gasteiger partial charge in [0.1, 0.15) is 5.82 Å². The van der Waals surface area contributed by atoms with Crippen LogP contribution in [0.25, 0.3) is 11.1 Å². The van der Waals surface area contributed by atoms with Crippen molar-refractivity contribution in [3.8, 4) is 16.9 Å². The zero-order chi connectivity index (χ0) is 19.4. The van der Waals surface area contributed by atoms with E-state index in [9.17, 15) is 9.90 Å². The van der Waals surface area contributed by atoms with Crippen LogP contribution in [-0.4, -0.2) is 11.2 Å². The predicted molar refractivity (Wildman–Crippen MR) is 99.1 cm³/mol. The molecule has 0 heterocycles. The zero-order valence-corrected chi connectivity index (χ0v) is 14.2. The van der Waals surface area contributed by atoms with E-state index in [4.69, 9.17) is 10.9 Å². The van der Waals surface area contributed by atoms with Crippen molar-refractivity contribution in [2.45, 2.75) is 6.42 Å². The number of rotatable bonds is 5. The smallest absolute Gasteiger partial charge is 0.316 e. The Morgan fingerprint density at radius 1 is 1.07 bits per heavy atom. The van der Waals surface area contributed by atoms with Gasteiger partial charge in [-0.2, -0.15) is 0 Å². The Morgan fingerprint density at radius 3 is 2.48 bits per heavy atom. The molecule has 0 saturated carbocycles. The van der Waals surface area contributed by atoms with Gasteiger partial charge in [0.05, 0.1) is 5.69 Å². The van der Waals surface area contributed by atoms with E-state index in [1.54, 1.807) is 42.5 Å². The molecule has 138 valence electrons. The van der Waals surface area contributed by atoms with Crippen molar-refractivity contribution >= 4 is 17.4 Å². The summed E-state index contributed by atoms with van der Waals surface area (Å²) in [5.41, 5.74) is 9.44. The number of nitrogens with two attached hydrogens (primary N) is 1. The van der Waals surface area contributed by atoms with Crippen LogP contribution in [0.5, 0.6) is 5.75 Å². The minimum atomic E-state index is -0.663. The number of hydrogen-bond acceptors (Lipinski definition) is 4. The molecule has 3 rings (SSSR count). The summed E-state index contributed by atoms with van der Waals surface area (Å²) in [5, 5.41) is 23.7. The van der Waals surface area contributed by atoms with Gasteiger partial charge in [0.25, 0.3) is 0 Å². The van der Waals surface area contributed by atoms with Crippen molar-refractivity contribution in [3.05, 3.63) is 77.6 Å². The average Bonchev–Trinajstić information content (AvgIpc) is 2.65. The molecule has 3 aromatic rings. The lowest BCUT2D eigenvalue weighted by Crippen LogP contribution is -2.19. The highest BCUT2D eigenvalue weighted by molar-refractivity contribution is 5.87. The van der Waals surface area contributed by atoms with E-state index in [0.29, 0.717) is 22.5 Å². The van der Waals surface area contributed by atoms with Crippen LogP contribution in [0.2, 0.25) is 0 Å². The maximum absolute atomic E-state index is 15.0. The first kappa shape index (κ1) is 18.2. The van der Waals surface area contributed by atoms with Crippen molar-refractivity contribution in [1.29, 1.82) is 0 Å². The molecule has 0 bridgehead atoms. The molecule has 7 heteroatoms. The van der Waals surface area contributed by atoms with E-state index in [1.807, 2.05) is 5.48 Å². The molecule has 0 radical (unpaired) electrons. The van der Waals surface area contributed by atoms with Crippen LogP contribution in [0.3, 0.4) is 0 Å². The van der Waals surface area contributed by atoms with Gasteiger partial charge in [-0.1, -0.05) is 42.1 Å². The molecule has 27 heavy (non-hydrogen) atoms. The fourth-order valence-corrected chi connectivity index (χ4v) is 2.82. The normalized spacial score (nSPS) is 10.4. The van der Waals surface area contributed by atoms with E-state index >= 15 is 4.39 Å². The summed E-state index contributed by atoms with van der Waals surface area (Å²) < 4.78 is 15.0. The maximum atomic E-state index is 15.0. The molecular formula is C20H17FN3O3-. The van der Waals surface area contributed by atoms with Gasteiger partial charge in [-0.05, 0) is 41.0 Å². The van der Waals surface area contributed by atoms with Crippen LogP contribution in [0.4, 0.5) is 20.6 Å². The topological polar surface area (TPSA) is 110 Å². The molecule has 6 nitrogen and oxygen atoms in total. The number of anilines is 2. The Balaban J connectivity index is 1.92. The van der Waals surface area contributed by atoms with Crippen LogP contribution in [-0.2, 0) is 6.42 Å². The molecule has 0 saturated heterocycles. The van der Waals surface area contributed by atoms with Gasteiger partial charge in [0.15, 0.2) is 0 Å². The first-order valence-electron chi connectivity index (χ1n) is 8.12. The number of halogens is 1. The standard InChI is InChI=1S/C20H18FN3O3/c21-19-14(10-12-4-7-15(8-5-12)23-20(22)26)6-9-17(25)18(19)13-2-1-3-16(11-13)24-27/h1-9,11,24-25,27H,10H2,(H3,22,23,26)/p-1. The van der Waals surface area contributed by atoms with Crippen molar-refractivity contribution in [1.82, 2.24) is 0 Å². The summed E-state index contributed by atoms with van der Waals surface area (Å²) in [5.74, 6) is -1.04. The van der Waals surface area contributed by atoms with E-state index in [-0.39, 0.29) is 12.0 Å². The predicted octanol–water partition coefficient (Wildman–Crippen LogP) is 3.45. The number of carbonyl (C=O) groups is 1. The largest absolute Gasteiger partial charge is 0.872 e. The number of benzene rings is 3. The lowest BCUT2D eigenvalue weighted by atomic mass is 9.97. The van der Waals surface area contributed by atoms with E-state index in [1.165, 1.54) is 18.2 Å². The highest BCUT2D eigenvalue weighted by Crippen LogP contribution is 2.34. The summed E-state index contributed by atoms with van der Waals surface area (Å²) in [4.78, 5) is 10.9. The third-order valence-electron chi connectivity index (χ3n) is 4.08. The van der Waals surface area contributed by atoms with E-state index in [2.05, 4.69) is 5.32 Å². The molecule has 0 aromatic heterocycles. The third-order valence-corrected chi connectivity index (χ3v) is 4.08. The van der Waals surface area contributed by atoms with Crippen molar-refractivity contribution < 1.29 is 19.5 Å². The molecular weight excluding hydrogens is 349 g/mol. The summed E-state index contributed by atoms with van der Waals surface area (Å²) >= 11 is 0. The SMILES string of the molecule is NC(=O)Nc1ccc(Cc2ccc([O-])c(-c3cccc(NO)c3)c2F)cc1. The number of urea groups is 1. The second-order valence-electron chi connectivity index (χ2n) is 5.97. The second kappa shape index (κ2) is 7.76. The number of nitrogens with one attached hydrogen (secondary N) is 2. The number of amides is 2. The fourth-order valence-electron chi connectivity index (χ4n) is 2.82. The number of hydrogen-bond donors (Lipinski definition) is 4. The Hall–Kier alpha value is -3.58. The monoisotopic (exact) mass is 366 g/mol. The highest BCUT2D eigenvalue weighted by Gasteiger charge is 2.12. The summed E-state index contributed by atoms with van der Waals surface area (Å²) in [6.45, 7) is 0. The minimum absolute atomic E-state index is 0.0448. The minimum Gasteiger partial charge on any atom is -0.872 e. The van der Waals surface area contributed by atoms with Crippen LogP contribution >= 0.6 is 0 Å². The molecule has 5 N–H and O–H groups in total. The Morgan fingerprint density at radius 2 is 1.81 bits per heavy atom. The first-order valence-corrected chi connectivity index (χ1v) is 8.12. The summed E-state index contributed by atoms with van der Waals surface area (Å²) in [6.07, 6.45) is 0.272. The molecule has 3 aromatic carbocycles. The van der Waals surface area contributed by atoms with Gasteiger partial charge in [0.2, 0.25) is 0 Å². The summed E-state index contributed by atoms with van der Waals surface area (Å²) in [6, 6.07) is 15.3. The highest BCUT2D eigenvalue weighted by atomic mass is 19.1. The maximum Gasteiger partial charge on any atom is 0.316 e. The van der Waals surface area contributed by atoms with Crippen molar-refractivity contribution in [2.75, 3.05) is 10.8 Å². The fraction of sp³-hybridized carbons (Fsp3) is 0.0500. The molecule has 0 unspecified atom stereocenters. The van der Waals surface area contributed by atoms with Crippen molar-refractivity contribution in [2.24, 2.45) is 5.73 Å². The Kier molecular flexibility index (Phi) is 5.23. The molecule has 0 aliphatic carbocycles. The molecule has 0 spiro atoms. The Bertz CT molecular complexity index is 975. The van der Waals surface area contributed by atoms with Crippen LogP contribution in [0.1, 0.15) is 11.1 Å². The number of carbonyl (C=O) groups excluding carboxylic acids is 1. The summed E-state index contributed by atoms with van der Waals surface area (Å²) in [7, 11) is 0. The lowest BCUT2D eigenvalue weighted by Gasteiger charge is -2.18. The van der Waals surface area contributed by atoms with E-state index < -0.39 is 17.6 Å². The molecule has 0 aliphatic heterocycles. The Labute approximate surface area is 155 Å². The van der Waals surface area contributed by atoms with Gasteiger partial charge >= 0.3 is 6.03 Å². The molecule has 0 aliphatic rings. The van der Waals surface area contributed by atoms with Crippen LogP contribution < -0.4 is 21.6 Å². The molecule has 0 atom stereocenters. The van der Waals surface area contributed by atoms with Gasteiger partial charge in [-0.3, -0.25) is 10.7 Å². The second-order valence-corrected chi connectivity index (χ2v) is 5.97. The quantitative estimate of drug-likeness (QED) is 0.518. The van der Waals surface area contributed by atoms with Crippen LogP contribution in [0, 0.1) is 5.82 Å². The molecule has 0 fully saturated rings. The first-order chi connectivity index (χ1) is 13.0. The van der Waals surface area contributed by atoms with Crippen molar-refractivity contribution in [3.63, 3.8) is 0 Å². The van der Waals surface area contributed by atoms with Crippen LogP contribution in [0.15, 0.2) is 60.7 Å². The van der Waals surface area contributed by atoms with Gasteiger partial charge < -0.3 is 16.2 Å². The number of primary amides is 1. The van der Waals surface area contributed by atoms with E-state index in [0.717, 1.165) is 5.56 Å². The van der Waals surface area contributed by atoms with Gasteiger partial charge in [-0.15, -0.1) is 0 Å². The third kappa shape index (κ3) is 4.16. The zero-order valence-electron chi connectivity index (χ0n) is 14.2. The molecule has 2 amide bonds. The van der Waals surface area contributed by atoms with Gasteiger partial charge in [-0.25, -0.2) is 9.18 Å².